The lowest BCUT2D eigenvalue weighted by atomic mass is 10.1. The van der Waals surface area contributed by atoms with Crippen LogP contribution in [0.2, 0.25) is 0 Å². The van der Waals surface area contributed by atoms with E-state index in [1.54, 1.807) is 0 Å². The SMILES string of the molecule is CCOCCN(C)C(=O)c1cc(S(N)(=O)=O)c(C)cc1F. The molecule has 1 amide bonds. The van der Waals surface area contributed by atoms with E-state index >= 15 is 0 Å². The number of nitrogens with two attached hydrogens (primary N) is 1. The molecule has 8 heteroatoms. The number of aryl methyl sites for hydroxylation is 1. The molecule has 0 aliphatic heterocycles. The number of carbonyl (C=O) groups is 1. The topological polar surface area (TPSA) is 89.7 Å². The molecule has 118 valence electrons. The first-order valence-corrected chi connectivity index (χ1v) is 7.89. The summed E-state index contributed by atoms with van der Waals surface area (Å²) in [5.41, 5.74) is -0.174. The molecule has 0 aliphatic carbocycles. The summed E-state index contributed by atoms with van der Waals surface area (Å²) in [6, 6.07) is 1.96. The van der Waals surface area contributed by atoms with Crippen LogP contribution in [-0.2, 0) is 14.8 Å². The number of halogens is 1. The summed E-state index contributed by atoms with van der Waals surface area (Å²) in [4.78, 5) is 13.1. The van der Waals surface area contributed by atoms with Crippen molar-refractivity contribution in [2.45, 2.75) is 18.7 Å². The van der Waals surface area contributed by atoms with Gasteiger partial charge < -0.3 is 9.64 Å². The van der Waals surface area contributed by atoms with Gasteiger partial charge in [-0.25, -0.2) is 17.9 Å². The van der Waals surface area contributed by atoms with Crippen LogP contribution in [0, 0.1) is 12.7 Å². The number of hydrogen-bond donors (Lipinski definition) is 1. The molecule has 0 radical (unpaired) electrons. The highest BCUT2D eigenvalue weighted by molar-refractivity contribution is 7.89. The average Bonchev–Trinajstić information content (AvgIpc) is 2.36. The van der Waals surface area contributed by atoms with Crippen molar-refractivity contribution in [3.8, 4) is 0 Å². The lowest BCUT2D eigenvalue weighted by molar-refractivity contribution is 0.0705. The van der Waals surface area contributed by atoms with E-state index in [9.17, 15) is 17.6 Å². The van der Waals surface area contributed by atoms with Crippen LogP contribution in [-0.4, -0.2) is 46.0 Å². The number of hydrogen-bond acceptors (Lipinski definition) is 4. The van der Waals surface area contributed by atoms with Crippen LogP contribution in [0.1, 0.15) is 22.8 Å². The van der Waals surface area contributed by atoms with Gasteiger partial charge in [0.1, 0.15) is 5.82 Å². The highest BCUT2D eigenvalue weighted by Crippen LogP contribution is 2.20. The third-order valence-electron chi connectivity index (χ3n) is 2.92. The summed E-state index contributed by atoms with van der Waals surface area (Å²) in [5.74, 6) is -1.41. The highest BCUT2D eigenvalue weighted by atomic mass is 32.2. The van der Waals surface area contributed by atoms with Gasteiger partial charge in [-0.15, -0.1) is 0 Å². The second-order valence-corrected chi connectivity index (χ2v) is 6.10. The summed E-state index contributed by atoms with van der Waals surface area (Å²) in [5, 5.41) is 5.06. The standard InChI is InChI=1S/C13H19FN2O4S/c1-4-20-6-5-16(3)13(17)10-8-12(21(15,18)19)9(2)7-11(10)14/h7-8H,4-6H2,1-3H3,(H2,15,18,19). The third-order valence-corrected chi connectivity index (χ3v) is 3.98. The zero-order valence-electron chi connectivity index (χ0n) is 12.2. The van der Waals surface area contributed by atoms with E-state index in [-0.39, 0.29) is 22.6 Å². The van der Waals surface area contributed by atoms with Crippen LogP contribution in [0.5, 0.6) is 0 Å². The first-order valence-electron chi connectivity index (χ1n) is 6.34. The zero-order valence-corrected chi connectivity index (χ0v) is 13.0. The molecule has 6 nitrogen and oxygen atoms in total. The molecule has 1 rings (SSSR count). The Balaban J connectivity index is 3.10. The number of nitrogens with zero attached hydrogens (tertiary/aromatic N) is 1. The fraction of sp³-hybridized carbons (Fsp3) is 0.462. The van der Waals surface area contributed by atoms with E-state index in [2.05, 4.69) is 0 Å². The number of benzene rings is 1. The van der Waals surface area contributed by atoms with Crippen molar-refractivity contribution in [2.24, 2.45) is 5.14 Å². The lowest BCUT2D eigenvalue weighted by Gasteiger charge is -2.18. The van der Waals surface area contributed by atoms with Crippen molar-refractivity contribution in [1.29, 1.82) is 0 Å². The second kappa shape index (κ2) is 6.97. The minimum absolute atomic E-state index is 0.156. The molecule has 0 heterocycles. The van der Waals surface area contributed by atoms with Gasteiger partial charge in [0.25, 0.3) is 5.91 Å². The maximum Gasteiger partial charge on any atom is 0.256 e. The number of sulfonamides is 1. The van der Waals surface area contributed by atoms with Gasteiger partial charge in [0.05, 0.1) is 17.1 Å². The largest absolute Gasteiger partial charge is 0.380 e. The molecular formula is C13H19FN2O4S. The number of carbonyl (C=O) groups excluding carboxylic acids is 1. The summed E-state index contributed by atoms with van der Waals surface area (Å²) in [6.07, 6.45) is 0. The van der Waals surface area contributed by atoms with Crippen LogP contribution in [0.3, 0.4) is 0 Å². The Morgan fingerprint density at radius 1 is 1.43 bits per heavy atom. The van der Waals surface area contributed by atoms with Crippen LogP contribution < -0.4 is 5.14 Å². The van der Waals surface area contributed by atoms with Gasteiger partial charge in [0, 0.05) is 20.2 Å². The van der Waals surface area contributed by atoms with Gasteiger partial charge >= 0.3 is 0 Å². The van der Waals surface area contributed by atoms with E-state index in [4.69, 9.17) is 9.88 Å². The minimum Gasteiger partial charge on any atom is -0.380 e. The molecule has 0 fully saturated rings. The van der Waals surface area contributed by atoms with Gasteiger partial charge in [-0.05, 0) is 31.5 Å². The van der Waals surface area contributed by atoms with Crippen LogP contribution >= 0.6 is 0 Å². The molecule has 0 spiro atoms. The van der Waals surface area contributed by atoms with E-state index in [0.29, 0.717) is 13.2 Å². The molecule has 0 unspecified atom stereocenters. The monoisotopic (exact) mass is 318 g/mol. The summed E-state index contributed by atoms with van der Waals surface area (Å²) >= 11 is 0. The van der Waals surface area contributed by atoms with Gasteiger partial charge in [-0.3, -0.25) is 4.79 Å². The van der Waals surface area contributed by atoms with E-state index in [1.807, 2.05) is 6.92 Å². The van der Waals surface area contributed by atoms with Gasteiger partial charge in [-0.1, -0.05) is 0 Å². The number of rotatable bonds is 6. The minimum atomic E-state index is -4.01. The molecule has 1 aromatic carbocycles. The first-order chi connectivity index (χ1) is 9.68. The van der Waals surface area contributed by atoms with Gasteiger partial charge in [-0.2, -0.15) is 0 Å². The Bertz CT molecular complexity index is 631. The van der Waals surface area contributed by atoms with Crippen molar-refractivity contribution in [1.82, 2.24) is 4.90 Å². The first kappa shape index (κ1) is 17.5. The van der Waals surface area contributed by atoms with E-state index < -0.39 is 21.7 Å². The van der Waals surface area contributed by atoms with Crippen molar-refractivity contribution in [2.75, 3.05) is 26.8 Å². The summed E-state index contributed by atoms with van der Waals surface area (Å²) in [6.45, 7) is 4.32. The number of ether oxygens (including phenoxy) is 1. The molecule has 0 atom stereocenters. The van der Waals surface area contributed by atoms with Crippen LogP contribution in [0.15, 0.2) is 17.0 Å². The normalized spacial score (nSPS) is 11.5. The zero-order chi connectivity index (χ0) is 16.2. The number of likely N-dealkylation sites (N-methyl/N-ethyl adjacent to an activating group) is 1. The fourth-order valence-corrected chi connectivity index (χ4v) is 2.57. The van der Waals surface area contributed by atoms with Gasteiger partial charge in [0.15, 0.2) is 0 Å². The fourth-order valence-electron chi connectivity index (χ4n) is 1.78. The van der Waals surface area contributed by atoms with Crippen LogP contribution in [0.4, 0.5) is 4.39 Å². The van der Waals surface area contributed by atoms with Crippen molar-refractivity contribution in [3.63, 3.8) is 0 Å². The molecule has 0 saturated carbocycles. The Labute approximate surface area is 123 Å². The Morgan fingerprint density at radius 3 is 2.57 bits per heavy atom. The Hall–Kier alpha value is -1.51. The van der Waals surface area contributed by atoms with Crippen molar-refractivity contribution >= 4 is 15.9 Å². The Kier molecular flexibility index (Phi) is 5.82. The maximum atomic E-state index is 13.9. The highest BCUT2D eigenvalue weighted by Gasteiger charge is 2.21. The third kappa shape index (κ3) is 4.48. The predicted octanol–water partition coefficient (Wildman–Crippen LogP) is 0.890. The lowest BCUT2D eigenvalue weighted by Crippen LogP contribution is -2.31. The van der Waals surface area contributed by atoms with Crippen molar-refractivity contribution < 1.29 is 22.3 Å². The van der Waals surface area contributed by atoms with E-state index in [0.717, 1.165) is 12.1 Å². The van der Waals surface area contributed by atoms with E-state index in [1.165, 1.54) is 18.9 Å². The maximum absolute atomic E-state index is 13.9. The quantitative estimate of drug-likeness (QED) is 0.789. The predicted molar refractivity (Wildman–Crippen MR) is 76.0 cm³/mol. The molecule has 0 saturated heterocycles. The molecule has 2 N–H and O–H groups in total. The van der Waals surface area contributed by atoms with Gasteiger partial charge in [0.2, 0.25) is 10.0 Å². The molecule has 21 heavy (non-hydrogen) atoms. The molecule has 0 bridgehead atoms. The molecule has 0 aromatic heterocycles. The summed E-state index contributed by atoms with van der Waals surface area (Å²) < 4.78 is 41.9. The van der Waals surface area contributed by atoms with Crippen LogP contribution in [0.25, 0.3) is 0 Å². The summed E-state index contributed by atoms with van der Waals surface area (Å²) in [7, 11) is -2.53. The molecular weight excluding hydrogens is 299 g/mol. The smallest absolute Gasteiger partial charge is 0.256 e. The number of primary sulfonamides is 1. The average molecular weight is 318 g/mol. The van der Waals surface area contributed by atoms with Crippen molar-refractivity contribution in [3.05, 3.63) is 29.1 Å². The Morgan fingerprint density at radius 2 is 2.05 bits per heavy atom. The second-order valence-electron chi connectivity index (χ2n) is 4.57. The molecule has 0 aliphatic rings. The molecule has 1 aromatic rings. The number of amides is 1.